The Morgan fingerprint density at radius 3 is 2.58 bits per heavy atom. The van der Waals surface area contributed by atoms with Gasteiger partial charge in [-0.25, -0.2) is 8.42 Å². The topological polar surface area (TPSA) is 70.0 Å². The van der Waals surface area contributed by atoms with E-state index in [4.69, 9.17) is 0 Å². The Morgan fingerprint density at radius 2 is 1.96 bits per heavy atom. The summed E-state index contributed by atoms with van der Waals surface area (Å²) in [6, 6.07) is 7.76. The van der Waals surface area contributed by atoms with Crippen molar-refractivity contribution >= 4 is 44.0 Å². The molecule has 142 valence electrons. The monoisotopic (exact) mass is 395 g/mol. The normalized spacial score (nSPS) is 25.5. The Hall–Kier alpha value is -1.54. The molecule has 0 aromatic heterocycles. The molecule has 2 atom stereocenters. The molecule has 0 radical (unpaired) electrons. The second-order valence-corrected chi connectivity index (χ2v) is 10.3. The van der Waals surface area contributed by atoms with Crippen LogP contribution in [0.2, 0.25) is 0 Å². The molecule has 1 aromatic rings. The van der Waals surface area contributed by atoms with Gasteiger partial charge in [-0.15, -0.1) is 0 Å². The van der Waals surface area contributed by atoms with E-state index in [1.165, 1.54) is 11.8 Å². The van der Waals surface area contributed by atoms with E-state index in [1.54, 1.807) is 0 Å². The van der Waals surface area contributed by atoms with Gasteiger partial charge < -0.3 is 9.80 Å². The summed E-state index contributed by atoms with van der Waals surface area (Å²) in [6.45, 7) is 2.04. The number of unbranched alkanes of at least 4 members (excludes halogenated alkanes) is 1. The first-order valence-electron chi connectivity index (χ1n) is 8.86. The molecule has 0 N–H and O–H groups in total. The van der Waals surface area contributed by atoms with E-state index in [2.05, 4.69) is 4.99 Å². The lowest BCUT2D eigenvalue weighted by molar-refractivity contribution is -0.117. The summed E-state index contributed by atoms with van der Waals surface area (Å²) in [5.74, 6) is 0.131. The Bertz CT molecular complexity index is 803. The maximum Gasteiger partial charge on any atom is 0.248 e. The lowest BCUT2D eigenvalue weighted by Gasteiger charge is -2.25. The lowest BCUT2D eigenvalue weighted by atomic mass is 10.2. The molecule has 2 fully saturated rings. The number of benzene rings is 1. The molecule has 0 aliphatic carbocycles. The standard InChI is InChI=1S/C18H25N3O3S2/c1-4-5-6-17(22)19-18-21(14-9-7-13(8-10-14)20(2)3)15-11-26(23,24)12-16(15)25-18/h7-10,15-16H,4-6,11-12H2,1-3H3. The number of thioether (sulfide) groups is 1. The zero-order valence-electron chi connectivity index (χ0n) is 15.4. The maximum atomic E-state index is 12.2. The summed E-state index contributed by atoms with van der Waals surface area (Å²) in [7, 11) is 0.899. The van der Waals surface area contributed by atoms with Crippen LogP contribution in [0.1, 0.15) is 26.2 Å². The summed E-state index contributed by atoms with van der Waals surface area (Å²) in [5, 5.41) is 0.569. The van der Waals surface area contributed by atoms with E-state index >= 15 is 0 Å². The van der Waals surface area contributed by atoms with Gasteiger partial charge in [-0.05, 0) is 30.7 Å². The van der Waals surface area contributed by atoms with E-state index < -0.39 is 9.84 Å². The highest BCUT2D eigenvalue weighted by Crippen LogP contribution is 2.41. The van der Waals surface area contributed by atoms with Crippen molar-refractivity contribution in [3.05, 3.63) is 24.3 Å². The smallest absolute Gasteiger partial charge is 0.248 e. The molecule has 3 rings (SSSR count). The number of fused-ring (bicyclic) bond motifs is 1. The van der Waals surface area contributed by atoms with Crippen molar-refractivity contribution in [3.63, 3.8) is 0 Å². The van der Waals surface area contributed by atoms with Gasteiger partial charge in [0.15, 0.2) is 15.0 Å². The van der Waals surface area contributed by atoms with Gasteiger partial charge in [0, 0.05) is 37.1 Å². The molecule has 6 nitrogen and oxygen atoms in total. The highest BCUT2D eigenvalue weighted by Gasteiger charge is 2.49. The van der Waals surface area contributed by atoms with Crippen molar-refractivity contribution in [2.45, 2.75) is 37.5 Å². The third-order valence-electron chi connectivity index (χ3n) is 4.68. The summed E-state index contributed by atoms with van der Waals surface area (Å²) < 4.78 is 24.2. The number of amidine groups is 1. The summed E-state index contributed by atoms with van der Waals surface area (Å²) in [4.78, 5) is 20.4. The molecular formula is C18H25N3O3S2. The van der Waals surface area contributed by atoms with Crippen LogP contribution >= 0.6 is 11.8 Å². The third kappa shape index (κ3) is 4.06. The van der Waals surface area contributed by atoms with Crippen molar-refractivity contribution < 1.29 is 13.2 Å². The number of carbonyl (C=O) groups excluding carboxylic acids is 1. The van der Waals surface area contributed by atoms with E-state index in [-0.39, 0.29) is 28.7 Å². The minimum absolute atomic E-state index is 0.0637. The van der Waals surface area contributed by atoms with Gasteiger partial charge in [0.25, 0.3) is 0 Å². The molecule has 2 unspecified atom stereocenters. The molecule has 0 bridgehead atoms. The Labute approximate surface area is 159 Å². The molecule has 1 aromatic carbocycles. The fourth-order valence-corrected chi connectivity index (χ4v) is 7.20. The molecule has 2 saturated heterocycles. The van der Waals surface area contributed by atoms with Crippen molar-refractivity contribution in [2.75, 3.05) is 35.4 Å². The summed E-state index contributed by atoms with van der Waals surface area (Å²) >= 11 is 1.42. The Balaban J connectivity index is 1.92. The van der Waals surface area contributed by atoms with E-state index in [0.29, 0.717) is 11.6 Å². The highest BCUT2D eigenvalue weighted by molar-refractivity contribution is 8.16. The maximum absolute atomic E-state index is 12.2. The minimum Gasteiger partial charge on any atom is -0.378 e. The SMILES string of the molecule is CCCCC(=O)N=C1SC2CS(=O)(=O)CC2N1c1ccc(N(C)C)cc1. The van der Waals surface area contributed by atoms with Gasteiger partial charge in [-0.1, -0.05) is 25.1 Å². The first-order valence-corrected chi connectivity index (χ1v) is 11.6. The minimum atomic E-state index is -3.04. The molecule has 8 heteroatoms. The van der Waals surface area contributed by atoms with Crippen LogP contribution in [0.5, 0.6) is 0 Å². The van der Waals surface area contributed by atoms with Crippen molar-refractivity contribution in [1.82, 2.24) is 0 Å². The van der Waals surface area contributed by atoms with Crippen LogP contribution in [-0.2, 0) is 14.6 Å². The van der Waals surface area contributed by atoms with E-state index in [1.807, 2.05) is 55.1 Å². The second kappa shape index (κ2) is 7.60. The van der Waals surface area contributed by atoms with E-state index in [0.717, 1.165) is 24.2 Å². The van der Waals surface area contributed by atoms with Gasteiger partial charge in [0.1, 0.15) is 0 Å². The molecule has 2 aliphatic heterocycles. The summed E-state index contributed by atoms with van der Waals surface area (Å²) in [5.41, 5.74) is 1.95. The zero-order valence-corrected chi connectivity index (χ0v) is 17.0. The van der Waals surface area contributed by atoms with Gasteiger partial charge in [0.2, 0.25) is 5.91 Å². The number of hydrogen-bond donors (Lipinski definition) is 0. The number of nitrogens with zero attached hydrogens (tertiary/aromatic N) is 3. The summed E-state index contributed by atoms with van der Waals surface area (Å²) in [6.07, 6.45) is 2.20. The Kier molecular flexibility index (Phi) is 5.62. The molecular weight excluding hydrogens is 370 g/mol. The van der Waals surface area contributed by atoms with Crippen LogP contribution in [0.15, 0.2) is 29.3 Å². The average molecular weight is 396 g/mol. The number of hydrogen-bond acceptors (Lipinski definition) is 5. The predicted octanol–water partition coefficient (Wildman–Crippen LogP) is 2.54. The van der Waals surface area contributed by atoms with Gasteiger partial charge in [0.05, 0.1) is 17.5 Å². The van der Waals surface area contributed by atoms with Gasteiger partial charge in [-0.3, -0.25) is 4.79 Å². The number of anilines is 2. The van der Waals surface area contributed by atoms with Crippen molar-refractivity contribution in [2.24, 2.45) is 4.99 Å². The van der Waals surface area contributed by atoms with Crippen molar-refractivity contribution in [3.8, 4) is 0 Å². The van der Waals surface area contributed by atoms with Crippen molar-refractivity contribution in [1.29, 1.82) is 0 Å². The molecule has 0 saturated carbocycles. The Morgan fingerprint density at radius 1 is 1.27 bits per heavy atom. The molecule has 2 aliphatic rings. The van der Waals surface area contributed by atoms with Crippen LogP contribution in [0, 0.1) is 0 Å². The van der Waals surface area contributed by atoms with Crippen LogP contribution in [0.4, 0.5) is 11.4 Å². The first kappa shape index (κ1) is 19.2. The van der Waals surface area contributed by atoms with Gasteiger partial charge >= 0.3 is 0 Å². The largest absolute Gasteiger partial charge is 0.378 e. The average Bonchev–Trinajstić information content (AvgIpc) is 3.03. The van der Waals surface area contributed by atoms with Crippen LogP contribution in [0.3, 0.4) is 0 Å². The van der Waals surface area contributed by atoms with Crippen LogP contribution in [-0.4, -0.2) is 56.4 Å². The number of carbonyl (C=O) groups is 1. The fraction of sp³-hybridized carbons (Fsp3) is 0.556. The quantitative estimate of drug-likeness (QED) is 0.763. The van der Waals surface area contributed by atoms with Gasteiger partial charge in [-0.2, -0.15) is 4.99 Å². The lowest BCUT2D eigenvalue weighted by Crippen LogP contribution is -2.37. The third-order valence-corrected chi connectivity index (χ3v) is 7.89. The molecule has 2 heterocycles. The zero-order chi connectivity index (χ0) is 18.9. The number of rotatable bonds is 5. The first-order chi connectivity index (χ1) is 12.3. The molecule has 26 heavy (non-hydrogen) atoms. The molecule has 1 amide bonds. The van der Waals surface area contributed by atoms with Crippen LogP contribution in [0.25, 0.3) is 0 Å². The second-order valence-electron chi connectivity index (χ2n) is 6.97. The highest BCUT2D eigenvalue weighted by atomic mass is 32.2. The van der Waals surface area contributed by atoms with Crippen LogP contribution < -0.4 is 9.80 Å². The number of aliphatic imine (C=N–C) groups is 1. The molecule has 0 spiro atoms. The van der Waals surface area contributed by atoms with E-state index in [9.17, 15) is 13.2 Å². The number of amides is 1. The predicted molar refractivity (Wildman–Crippen MR) is 109 cm³/mol. The number of sulfone groups is 1. The fourth-order valence-electron chi connectivity index (χ4n) is 3.27.